The number of amides is 2. The number of benzene rings is 1. The fraction of sp³-hybridized carbons (Fsp3) is 0.333. The third kappa shape index (κ3) is 5.04. The number of carbonyl (C=O) groups is 2. The van der Waals surface area contributed by atoms with Gasteiger partial charge in [0.1, 0.15) is 0 Å². The van der Waals surface area contributed by atoms with E-state index in [4.69, 9.17) is 0 Å². The van der Waals surface area contributed by atoms with Gasteiger partial charge in [-0.05, 0) is 25.0 Å². The highest BCUT2D eigenvalue weighted by atomic mass is 32.2. The Labute approximate surface area is 143 Å². The van der Waals surface area contributed by atoms with Crippen LogP contribution in [0.25, 0.3) is 0 Å². The molecule has 2 aromatic rings. The smallest absolute Gasteiger partial charge is 0.234 e. The molecule has 0 unspecified atom stereocenters. The maximum absolute atomic E-state index is 12.1. The van der Waals surface area contributed by atoms with Crippen LogP contribution in [0.4, 0.5) is 10.8 Å². The summed E-state index contributed by atoms with van der Waals surface area (Å²) in [5, 5.41) is 13.9. The highest BCUT2D eigenvalue weighted by molar-refractivity contribution is 8.01. The molecular formula is C15H18N4O2S2. The summed E-state index contributed by atoms with van der Waals surface area (Å²) in [6.45, 7) is 5.69. The van der Waals surface area contributed by atoms with E-state index in [1.54, 1.807) is 6.92 Å². The van der Waals surface area contributed by atoms with Crippen LogP contribution < -0.4 is 10.6 Å². The van der Waals surface area contributed by atoms with E-state index in [2.05, 4.69) is 20.8 Å². The minimum atomic E-state index is -0.106. The Morgan fingerprint density at radius 1 is 1.13 bits per heavy atom. The Balaban J connectivity index is 1.88. The molecule has 0 saturated heterocycles. The average molecular weight is 350 g/mol. The molecule has 0 fully saturated rings. The zero-order chi connectivity index (χ0) is 16.8. The van der Waals surface area contributed by atoms with Gasteiger partial charge in [-0.3, -0.25) is 9.59 Å². The summed E-state index contributed by atoms with van der Waals surface area (Å²) in [7, 11) is 0. The Morgan fingerprint density at radius 3 is 2.48 bits per heavy atom. The van der Waals surface area contributed by atoms with Crippen molar-refractivity contribution in [2.24, 2.45) is 0 Å². The molecule has 0 aliphatic heterocycles. The number of thioether (sulfide) groups is 1. The number of para-hydroxylation sites is 1. The SMILES string of the molecule is CCC(=O)Nc1nnc(SCC(=O)Nc2c(C)cccc2C)s1. The van der Waals surface area contributed by atoms with Gasteiger partial charge in [0.2, 0.25) is 16.9 Å². The number of rotatable bonds is 6. The second kappa shape index (κ2) is 8.07. The van der Waals surface area contributed by atoms with Crippen LogP contribution in [0.1, 0.15) is 24.5 Å². The van der Waals surface area contributed by atoms with Crippen molar-refractivity contribution in [3.63, 3.8) is 0 Å². The first-order valence-corrected chi connectivity index (χ1v) is 8.92. The van der Waals surface area contributed by atoms with Crippen LogP contribution in [0.5, 0.6) is 0 Å². The maximum Gasteiger partial charge on any atom is 0.234 e. The van der Waals surface area contributed by atoms with Crippen molar-refractivity contribution in [1.82, 2.24) is 10.2 Å². The summed E-state index contributed by atoms with van der Waals surface area (Å²) in [6.07, 6.45) is 0.389. The molecule has 23 heavy (non-hydrogen) atoms. The van der Waals surface area contributed by atoms with Crippen molar-refractivity contribution in [2.45, 2.75) is 31.5 Å². The Hall–Kier alpha value is -1.93. The summed E-state index contributed by atoms with van der Waals surface area (Å²) >= 11 is 2.56. The average Bonchev–Trinajstić information content (AvgIpc) is 2.96. The third-order valence-electron chi connectivity index (χ3n) is 3.05. The number of carbonyl (C=O) groups excluding carboxylic acids is 2. The standard InChI is InChI=1S/C15H18N4O2S2/c1-4-11(20)17-14-18-19-15(23-14)22-8-12(21)16-13-9(2)6-5-7-10(13)3/h5-7H,4,8H2,1-3H3,(H,16,21)(H,17,18,20). The number of anilines is 2. The lowest BCUT2D eigenvalue weighted by Gasteiger charge is -2.10. The summed E-state index contributed by atoms with van der Waals surface area (Å²) in [5.41, 5.74) is 2.92. The molecule has 1 aromatic carbocycles. The van der Waals surface area contributed by atoms with E-state index in [0.29, 0.717) is 15.9 Å². The quantitative estimate of drug-likeness (QED) is 0.617. The van der Waals surface area contributed by atoms with Crippen LogP contribution in [-0.2, 0) is 9.59 Å². The molecule has 8 heteroatoms. The summed E-state index contributed by atoms with van der Waals surface area (Å²) in [4.78, 5) is 23.4. The summed E-state index contributed by atoms with van der Waals surface area (Å²) in [5.74, 6) is 0.0386. The van der Waals surface area contributed by atoms with Crippen molar-refractivity contribution < 1.29 is 9.59 Å². The number of nitrogens with zero attached hydrogens (tertiary/aromatic N) is 2. The molecule has 122 valence electrons. The van der Waals surface area contributed by atoms with Crippen LogP contribution in [-0.4, -0.2) is 27.8 Å². The van der Waals surface area contributed by atoms with E-state index in [9.17, 15) is 9.59 Å². The first-order valence-electron chi connectivity index (χ1n) is 7.11. The molecule has 0 spiro atoms. The largest absolute Gasteiger partial charge is 0.325 e. The van der Waals surface area contributed by atoms with Gasteiger partial charge >= 0.3 is 0 Å². The number of hydrogen-bond acceptors (Lipinski definition) is 6. The lowest BCUT2D eigenvalue weighted by Crippen LogP contribution is -2.15. The lowest BCUT2D eigenvalue weighted by molar-refractivity contribution is -0.116. The molecule has 0 atom stereocenters. The van der Waals surface area contributed by atoms with Crippen molar-refractivity contribution >= 4 is 45.7 Å². The fourth-order valence-corrected chi connectivity index (χ4v) is 3.41. The Kier molecular flexibility index (Phi) is 6.12. The second-order valence-corrected chi connectivity index (χ2v) is 7.08. The molecule has 0 bridgehead atoms. The first kappa shape index (κ1) is 17.4. The van der Waals surface area contributed by atoms with Gasteiger partial charge in [0.05, 0.1) is 5.75 Å². The van der Waals surface area contributed by atoms with Gasteiger partial charge in [0.25, 0.3) is 0 Å². The van der Waals surface area contributed by atoms with Gasteiger partial charge in [-0.25, -0.2) is 0 Å². The van der Waals surface area contributed by atoms with Gasteiger partial charge in [-0.15, -0.1) is 10.2 Å². The molecule has 1 heterocycles. The lowest BCUT2D eigenvalue weighted by atomic mass is 10.1. The monoisotopic (exact) mass is 350 g/mol. The van der Waals surface area contributed by atoms with Crippen molar-refractivity contribution in [1.29, 1.82) is 0 Å². The highest BCUT2D eigenvalue weighted by Gasteiger charge is 2.11. The van der Waals surface area contributed by atoms with Gasteiger partial charge in [-0.2, -0.15) is 0 Å². The van der Waals surface area contributed by atoms with E-state index in [1.807, 2.05) is 32.0 Å². The van der Waals surface area contributed by atoms with Gasteiger partial charge in [-0.1, -0.05) is 48.2 Å². The topological polar surface area (TPSA) is 84.0 Å². The molecule has 6 nitrogen and oxygen atoms in total. The number of hydrogen-bond donors (Lipinski definition) is 2. The molecule has 0 radical (unpaired) electrons. The molecule has 0 saturated carbocycles. The molecule has 2 rings (SSSR count). The minimum absolute atomic E-state index is 0.0956. The second-order valence-electron chi connectivity index (χ2n) is 4.88. The van der Waals surface area contributed by atoms with Gasteiger partial charge in [0.15, 0.2) is 4.34 Å². The maximum atomic E-state index is 12.1. The predicted molar refractivity (Wildman–Crippen MR) is 94.1 cm³/mol. The van der Waals surface area contributed by atoms with Crippen molar-refractivity contribution in [2.75, 3.05) is 16.4 Å². The van der Waals surface area contributed by atoms with E-state index in [0.717, 1.165) is 16.8 Å². The van der Waals surface area contributed by atoms with Crippen molar-refractivity contribution in [3.8, 4) is 0 Å². The van der Waals surface area contributed by atoms with Crippen LogP contribution in [0.15, 0.2) is 22.5 Å². The zero-order valence-corrected chi connectivity index (χ0v) is 14.8. The number of nitrogens with one attached hydrogen (secondary N) is 2. The molecular weight excluding hydrogens is 332 g/mol. The van der Waals surface area contributed by atoms with Crippen LogP contribution in [0, 0.1) is 13.8 Å². The molecule has 0 aliphatic carbocycles. The zero-order valence-electron chi connectivity index (χ0n) is 13.2. The Bertz CT molecular complexity index is 695. The first-order chi connectivity index (χ1) is 11.0. The van der Waals surface area contributed by atoms with E-state index in [1.165, 1.54) is 23.1 Å². The number of aromatic nitrogens is 2. The third-order valence-corrected chi connectivity index (χ3v) is 5.02. The number of aryl methyl sites for hydroxylation is 2. The van der Waals surface area contributed by atoms with Gasteiger partial charge in [0, 0.05) is 12.1 Å². The molecule has 0 aliphatic rings. The molecule has 2 amide bonds. The van der Waals surface area contributed by atoms with Gasteiger partial charge < -0.3 is 10.6 Å². The summed E-state index contributed by atoms with van der Waals surface area (Å²) in [6, 6.07) is 5.88. The normalized spacial score (nSPS) is 10.4. The molecule has 1 aromatic heterocycles. The Morgan fingerprint density at radius 2 is 1.83 bits per heavy atom. The van der Waals surface area contributed by atoms with Crippen LogP contribution in [0.2, 0.25) is 0 Å². The molecule has 2 N–H and O–H groups in total. The van der Waals surface area contributed by atoms with Crippen LogP contribution in [0.3, 0.4) is 0 Å². The van der Waals surface area contributed by atoms with E-state index >= 15 is 0 Å². The predicted octanol–water partition coefficient (Wildman–Crippen LogP) is 3.23. The van der Waals surface area contributed by atoms with E-state index in [-0.39, 0.29) is 17.6 Å². The fourth-order valence-electron chi connectivity index (χ4n) is 1.84. The van der Waals surface area contributed by atoms with Crippen LogP contribution >= 0.6 is 23.1 Å². The van der Waals surface area contributed by atoms with E-state index < -0.39 is 0 Å². The van der Waals surface area contributed by atoms with Crippen molar-refractivity contribution in [3.05, 3.63) is 29.3 Å². The highest BCUT2D eigenvalue weighted by Crippen LogP contribution is 2.26. The minimum Gasteiger partial charge on any atom is -0.325 e. The summed E-state index contributed by atoms with van der Waals surface area (Å²) < 4.78 is 0.646.